The molecule has 3 aromatic carbocycles. The Labute approximate surface area is 176 Å². The molecule has 7 heteroatoms. The van der Waals surface area contributed by atoms with Crippen molar-refractivity contribution in [2.75, 3.05) is 0 Å². The summed E-state index contributed by atoms with van der Waals surface area (Å²) >= 11 is 0. The monoisotopic (exact) mass is 411 g/mol. The third-order valence-electron chi connectivity index (χ3n) is 5.05. The fourth-order valence-electron chi connectivity index (χ4n) is 3.45. The fraction of sp³-hybridized carbons (Fsp3) is 0.0833. The number of hydrogen-bond acceptors (Lipinski definition) is 6. The van der Waals surface area contributed by atoms with Crippen molar-refractivity contribution in [2.24, 2.45) is 0 Å². The van der Waals surface area contributed by atoms with E-state index in [1.807, 2.05) is 30.3 Å². The second-order valence-corrected chi connectivity index (χ2v) is 7.13. The Hall–Kier alpha value is -4.26. The molecular formula is C24H17N3O4. The Balaban J connectivity index is 1.44. The number of aromatic nitrogens is 3. The van der Waals surface area contributed by atoms with Crippen LogP contribution in [0.4, 0.5) is 0 Å². The molecular weight excluding hydrogens is 394 g/mol. The summed E-state index contributed by atoms with van der Waals surface area (Å²) in [4.78, 5) is 32.2. The molecule has 31 heavy (non-hydrogen) atoms. The van der Waals surface area contributed by atoms with E-state index >= 15 is 0 Å². The van der Waals surface area contributed by atoms with Gasteiger partial charge in [-0.3, -0.25) is 4.79 Å². The van der Waals surface area contributed by atoms with Gasteiger partial charge in [0.15, 0.2) is 17.7 Å². The zero-order valence-electron chi connectivity index (χ0n) is 16.5. The number of benzene rings is 3. The number of fused-ring (bicyclic) bond motifs is 2. The predicted molar refractivity (Wildman–Crippen MR) is 116 cm³/mol. The van der Waals surface area contributed by atoms with Crippen LogP contribution < -0.4 is 5.56 Å². The molecule has 0 spiro atoms. The van der Waals surface area contributed by atoms with E-state index < -0.39 is 12.1 Å². The van der Waals surface area contributed by atoms with Crippen molar-refractivity contribution in [3.05, 3.63) is 94.5 Å². The summed E-state index contributed by atoms with van der Waals surface area (Å²) in [6.45, 7) is 1.66. The fourth-order valence-corrected chi connectivity index (χ4v) is 3.45. The van der Waals surface area contributed by atoms with E-state index in [1.165, 1.54) is 0 Å². The van der Waals surface area contributed by atoms with E-state index in [0.29, 0.717) is 33.1 Å². The minimum Gasteiger partial charge on any atom is -0.451 e. The molecule has 5 rings (SSSR count). The molecule has 1 atom stereocenters. The minimum absolute atomic E-state index is 0.276. The first-order valence-electron chi connectivity index (χ1n) is 9.75. The number of aromatic amines is 1. The van der Waals surface area contributed by atoms with Crippen LogP contribution in [0, 0.1) is 0 Å². The van der Waals surface area contributed by atoms with Gasteiger partial charge in [-0.05, 0) is 37.3 Å². The standard InChI is InChI=1S/C24H17N3O4/c1-14(22-25-19-10-6-5-9-17(19)23(28)26-22)30-24(29)16-11-12-20-18(13-16)21(31-27-20)15-7-3-2-4-8-15/h2-14H,1H3,(H,25,26,28)/t14-/m1/s1. The molecule has 2 aromatic heterocycles. The van der Waals surface area contributed by atoms with E-state index in [2.05, 4.69) is 15.1 Å². The topological polar surface area (TPSA) is 98.1 Å². The Bertz CT molecular complexity index is 1470. The zero-order valence-corrected chi connectivity index (χ0v) is 16.5. The number of H-pyrrole nitrogens is 1. The smallest absolute Gasteiger partial charge is 0.338 e. The Morgan fingerprint density at radius 3 is 2.58 bits per heavy atom. The van der Waals surface area contributed by atoms with Gasteiger partial charge in [-0.1, -0.05) is 47.6 Å². The van der Waals surface area contributed by atoms with Crippen molar-refractivity contribution < 1.29 is 14.1 Å². The number of esters is 1. The summed E-state index contributed by atoms with van der Waals surface area (Å²) in [6.07, 6.45) is -0.739. The second kappa shape index (κ2) is 7.53. The maximum absolute atomic E-state index is 12.8. The van der Waals surface area contributed by atoms with E-state index in [-0.39, 0.29) is 11.4 Å². The van der Waals surface area contributed by atoms with Crippen LogP contribution in [0.25, 0.3) is 33.1 Å². The summed E-state index contributed by atoms with van der Waals surface area (Å²) in [5.74, 6) is 0.331. The van der Waals surface area contributed by atoms with E-state index in [9.17, 15) is 9.59 Å². The molecule has 0 radical (unpaired) electrons. The second-order valence-electron chi connectivity index (χ2n) is 7.13. The molecule has 5 aromatic rings. The molecule has 0 aliphatic carbocycles. The molecule has 0 unspecified atom stereocenters. The largest absolute Gasteiger partial charge is 0.451 e. The number of hydrogen-bond donors (Lipinski definition) is 1. The average Bonchev–Trinajstić information content (AvgIpc) is 3.23. The first-order valence-corrected chi connectivity index (χ1v) is 9.75. The maximum atomic E-state index is 12.8. The van der Waals surface area contributed by atoms with Crippen LogP contribution in [0.5, 0.6) is 0 Å². The number of rotatable bonds is 4. The first-order chi connectivity index (χ1) is 15.1. The quantitative estimate of drug-likeness (QED) is 0.432. The lowest BCUT2D eigenvalue weighted by Gasteiger charge is -2.13. The number of nitrogens with one attached hydrogen (secondary N) is 1. The normalized spacial score (nSPS) is 12.2. The minimum atomic E-state index is -0.739. The van der Waals surface area contributed by atoms with Crippen LogP contribution in [0.15, 0.2) is 82.1 Å². The van der Waals surface area contributed by atoms with Crippen molar-refractivity contribution in [3.63, 3.8) is 0 Å². The molecule has 1 N–H and O–H groups in total. The Morgan fingerprint density at radius 2 is 1.74 bits per heavy atom. The summed E-state index contributed by atoms with van der Waals surface area (Å²) in [6, 6.07) is 21.6. The van der Waals surface area contributed by atoms with Crippen LogP contribution in [0.3, 0.4) is 0 Å². The van der Waals surface area contributed by atoms with Crippen LogP contribution >= 0.6 is 0 Å². The molecule has 0 saturated carbocycles. The molecule has 2 heterocycles. The van der Waals surface area contributed by atoms with Gasteiger partial charge < -0.3 is 14.2 Å². The van der Waals surface area contributed by atoms with E-state index in [4.69, 9.17) is 9.26 Å². The number of carbonyl (C=O) groups excluding carboxylic acids is 1. The van der Waals surface area contributed by atoms with Gasteiger partial charge in [0.1, 0.15) is 5.52 Å². The summed E-state index contributed by atoms with van der Waals surface area (Å²) < 4.78 is 11.1. The molecule has 0 aliphatic heterocycles. The molecule has 0 aliphatic rings. The molecule has 152 valence electrons. The predicted octanol–water partition coefficient (Wildman–Crippen LogP) is 4.65. The zero-order chi connectivity index (χ0) is 21.4. The van der Waals surface area contributed by atoms with Crippen molar-refractivity contribution >= 4 is 27.8 Å². The van der Waals surface area contributed by atoms with Gasteiger partial charge in [0.2, 0.25) is 0 Å². The van der Waals surface area contributed by atoms with Crippen molar-refractivity contribution in [3.8, 4) is 11.3 Å². The van der Waals surface area contributed by atoms with Crippen LogP contribution in [0.1, 0.15) is 29.2 Å². The van der Waals surface area contributed by atoms with Gasteiger partial charge in [-0.15, -0.1) is 0 Å². The molecule has 0 fully saturated rings. The van der Waals surface area contributed by atoms with Crippen LogP contribution in [-0.4, -0.2) is 21.1 Å². The summed E-state index contributed by atoms with van der Waals surface area (Å²) in [5, 5.41) is 5.26. The highest BCUT2D eigenvalue weighted by Crippen LogP contribution is 2.29. The average molecular weight is 411 g/mol. The van der Waals surface area contributed by atoms with E-state index in [0.717, 1.165) is 5.56 Å². The molecule has 0 bridgehead atoms. The Morgan fingerprint density at radius 1 is 0.968 bits per heavy atom. The number of carbonyl (C=O) groups is 1. The van der Waals surface area contributed by atoms with Gasteiger partial charge in [0.05, 0.1) is 21.9 Å². The summed E-state index contributed by atoms with van der Waals surface area (Å²) in [5.41, 5.74) is 2.12. The van der Waals surface area contributed by atoms with Gasteiger partial charge in [0, 0.05) is 5.56 Å². The lowest BCUT2D eigenvalue weighted by Crippen LogP contribution is -2.17. The van der Waals surface area contributed by atoms with Gasteiger partial charge in [-0.25, -0.2) is 9.78 Å². The number of para-hydroxylation sites is 1. The number of ether oxygens (including phenoxy) is 1. The first kappa shape index (κ1) is 18.7. The lowest BCUT2D eigenvalue weighted by atomic mass is 10.1. The highest BCUT2D eigenvalue weighted by atomic mass is 16.5. The van der Waals surface area contributed by atoms with Gasteiger partial charge in [0.25, 0.3) is 5.56 Å². The maximum Gasteiger partial charge on any atom is 0.338 e. The van der Waals surface area contributed by atoms with Crippen molar-refractivity contribution in [1.82, 2.24) is 15.1 Å². The summed E-state index contributed by atoms with van der Waals surface area (Å²) in [7, 11) is 0. The highest BCUT2D eigenvalue weighted by molar-refractivity contribution is 5.98. The highest BCUT2D eigenvalue weighted by Gasteiger charge is 2.19. The van der Waals surface area contributed by atoms with E-state index in [1.54, 1.807) is 49.4 Å². The number of nitrogens with zero attached hydrogens (tertiary/aromatic N) is 2. The third-order valence-corrected chi connectivity index (χ3v) is 5.05. The molecule has 0 amide bonds. The van der Waals surface area contributed by atoms with Crippen LogP contribution in [-0.2, 0) is 4.74 Å². The van der Waals surface area contributed by atoms with Crippen LogP contribution in [0.2, 0.25) is 0 Å². The lowest BCUT2D eigenvalue weighted by molar-refractivity contribution is 0.0320. The van der Waals surface area contributed by atoms with Gasteiger partial charge in [-0.2, -0.15) is 0 Å². The Kier molecular flexibility index (Phi) is 4.55. The SMILES string of the molecule is C[C@@H](OC(=O)c1ccc2noc(-c3ccccc3)c2c1)c1nc2ccccc2c(=O)[nH]1. The van der Waals surface area contributed by atoms with Crippen molar-refractivity contribution in [1.29, 1.82) is 0 Å². The van der Waals surface area contributed by atoms with Gasteiger partial charge >= 0.3 is 5.97 Å². The molecule has 7 nitrogen and oxygen atoms in total. The third kappa shape index (κ3) is 3.46. The van der Waals surface area contributed by atoms with Crippen molar-refractivity contribution in [2.45, 2.75) is 13.0 Å². The molecule has 0 saturated heterocycles.